The second-order valence-corrected chi connectivity index (χ2v) is 6.37. The van der Waals surface area contributed by atoms with Crippen LogP contribution in [0.5, 0.6) is 5.88 Å². The SMILES string of the molecule is CN(C)CC(=O)N1CC2(C1)OCC[C@H]2COc1ccccn1. The molecule has 0 unspecified atom stereocenters. The molecule has 2 saturated heterocycles. The molecule has 2 fully saturated rings. The van der Waals surface area contributed by atoms with Gasteiger partial charge in [-0.15, -0.1) is 0 Å². The quantitative estimate of drug-likeness (QED) is 0.799. The molecule has 6 nitrogen and oxygen atoms in total. The highest BCUT2D eigenvalue weighted by molar-refractivity contribution is 5.79. The lowest BCUT2D eigenvalue weighted by Gasteiger charge is -2.50. The summed E-state index contributed by atoms with van der Waals surface area (Å²) in [5.74, 6) is 1.12. The molecule has 0 radical (unpaired) electrons. The van der Waals surface area contributed by atoms with Gasteiger partial charge in [0.15, 0.2) is 0 Å². The molecule has 3 rings (SSSR count). The molecule has 2 aliphatic rings. The van der Waals surface area contributed by atoms with Crippen molar-refractivity contribution >= 4 is 5.91 Å². The summed E-state index contributed by atoms with van der Waals surface area (Å²) >= 11 is 0. The molecule has 1 spiro atoms. The van der Waals surface area contributed by atoms with Gasteiger partial charge in [-0.1, -0.05) is 6.07 Å². The second kappa shape index (κ2) is 6.22. The first-order chi connectivity index (χ1) is 10.6. The van der Waals surface area contributed by atoms with Crippen molar-refractivity contribution < 1.29 is 14.3 Å². The molecule has 1 amide bonds. The van der Waals surface area contributed by atoms with Gasteiger partial charge in [0.25, 0.3) is 0 Å². The van der Waals surface area contributed by atoms with Gasteiger partial charge in [-0.05, 0) is 26.6 Å². The van der Waals surface area contributed by atoms with Crippen LogP contribution in [-0.4, -0.2) is 73.2 Å². The van der Waals surface area contributed by atoms with Crippen LogP contribution in [0, 0.1) is 5.92 Å². The van der Waals surface area contributed by atoms with Crippen molar-refractivity contribution in [1.82, 2.24) is 14.8 Å². The van der Waals surface area contributed by atoms with Crippen molar-refractivity contribution in [3.8, 4) is 5.88 Å². The fourth-order valence-electron chi connectivity index (χ4n) is 3.14. The van der Waals surface area contributed by atoms with Crippen molar-refractivity contribution in [2.75, 3.05) is 46.9 Å². The largest absolute Gasteiger partial charge is 0.477 e. The molecular weight excluding hydrogens is 282 g/mol. The van der Waals surface area contributed by atoms with Gasteiger partial charge in [-0.2, -0.15) is 0 Å². The number of hydrogen-bond donors (Lipinski definition) is 0. The highest BCUT2D eigenvalue weighted by atomic mass is 16.5. The Balaban J connectivity index is 1.53. The van der Waals surface area contributed by atoms with Gasteiger partial charge in [0.05, 0.1) is 26.2 Å². The van der Waals surface area contributed by atoms with E-state index in [0.717, 1.165) is 13.0 Å². The van der Waals surface area contributed by atoms with Crippen LogP contribution in [0.2, 0.25) is 0 Å². The Labute approximate surface area is 131 Å². The zero-order chi connectivity index (χ0) is 15.6. The van der Waals surface area contributed by atoms with Crippen molar-refractivity contribution in [1.29, 1.82) is 0 Å². The van der Waals surface area contributed by atoms with Gasteiger partial charge in [0.1, 0.15) is 5.60 Å². The Bertz CT molecular complexity index is 515. The molecule has 0 saturated carbocycles. The van der Waals surface area contributed by atoms with E-state index in [9.17, 15) is 4.79 Å². The maximum Gasteiger partial charge on any atom is 0.236 e. The fraction of sp³-hybridized carbons (Fsp3) is 0.625. The first-order valence-electron chi connectivity index (χ1n) is 7.69. The van der Waals surface area contributed by atoms with E-state index in [0.29, 0.717) is 38.0 Å². The molecular formula is C16H23N3O3. The van der Waals surface area contributed by atoms with Crippen LogP contribution in [0.1, 0.15) is 6.42 Å². The molecule has 1 atom stereocenters. The van der Waals surface area contributed by atoms with E-state index in [1.807, 2.05) is 42.1 Å². The Hall–Kier alpha value is -1.66. The minimum Gasteiger partial charge on any atom is -0.477 e. The molecule has 0 N–H and O–H groups in total. The van der Waals surface area contributed by atoms with Crippen molar-refractivity contribution in [2.45, 2.75) is 12.0 Å². The van der Waals surface area contributed by atoms with Gasteiger partial charge in [0.2, 0.25) is 11.8 Å². The first kappa shape index (κ1) is 15.2. The van der Waals surface area contributed by atoms with E-state index in [-0.39, 0.29) is 11.5 Å². The molecule has 3 heterocycles. The summed E-state index contributed by atoms with van der Waals surface area (Å²) in [6.07, 6.45) is 2.70. The number of likely N-dealkylation sites (tertiary alicyclic amines) is 1. The third-order valence-corrected chi connectivity index (χ3v) is 4.39. The van der Waals surface area contributed by atoms with E-state index in [1.54, 1.807) is 6.20 Å². The van der Waals surface area contributed by atoms with E-state index in [1.165, 1.54) is 0 Å². The van der Waals surface area contributed by atoms with Crippen molar-refractivity contribution in [3.05, 3.63) is 24.4 Å². The zero-order valence-corrected chi connectivity index (χ0v) is 13.2. The number of likely N-dealkylation sites (N-methyl/N-ethyl adjacent to an activating group) is 1. The van der Waals surface area contributed by atoms with Gasteiger partial charge < -0.3 is 19.3 Å². The van der Waals surface area contributed by atoms with Gasteiger partial charge in [-0.3, -0.25) is 4.79 Å². The Morgan fingerprint density at radius 3 is 3.00 bits per heavy atom. The van der Waals surface area contributed by atoms with Gasteiger partial charge >= 0.3 is 0 Å². The number of nitrogens with zero attached hydrogens (tertiary/aromatic N) is 3. The Morgan fingerprint density at radius 1 is 1.50 bits per heavy atom. The monoisotopic (exact) mass is 305 g/mol. The van der Waals surface area contributed by atoms with Crippen molar-refractivity contribution in [3.63, 3.8) is 0 Å². The third kappa shape index (κ3) is 3.08. The summed E-state index contributed by atoms with van der Waals surface area (Å²) < 4.78 is 11.7. The summed E-state index contributed by atoms with van der Waals surface area (Å²) in [6, 6.07) is 5.64. The molecule has 0 bridgehead atoms. The number of aromatic nitrogens is 1. The Kier molecular flexibility index (Phi) is 4.31. The van der Waals surface area contributed by atoms with Crippen LogP contribution < -0.4 is 4.74 Å². The lowest BCUT2D eigenvalue weighted by molar-refractivity contribution is -0.167. The van der Waals surface area contributed by atoms with E-state index < -0.39 is 0 Å². The molecule has 1 aromatic rings. The van der Waals surface area contributed by atoms with Crippen LogP contribution >= 0.6 is 0 Å². The summed E-state index contributed by atoms with van der Waals surface area (Å²) in [4.78, 5) is 20.0. The molecule has 0 aromatic carbocycles. The number of amides is 1. The molecule has 22 heavy (non-hydrogen) atoms. The van der Waals surface area contributed by atoms with Gasteiger partial charge in [-0.25, -0.2) is 4.98 Å². The molecule has 2 aliphatic heterocycles. The normalized spacial score (nSPS) is 22.9. The van der Waals surface area contributed by atoms with Crippen molar-refractivity contribution in [2.24, 2.45) is 5.92 Å². The lowest BCUT2D eigenvalue weighted by Crippen LogP contribution is -2.67. The lowest BCUT2D eigenvalue weighted by atomic mass is 9.81. The predicted octanol–water partition coefficient (Wildman–Crippen LogP) is 0.639. The maximum absolute atomic E-state index is 12.0. The van der Waals surface area contributed by atoms with E-state index in [2.05, 4.69) is 4.98 Å². The summed E-state index contributed by atoms with van der Waals surface area (Å²) in [5.41, 5.74) is -0.212. The summed E-state index contributed by atoms with van der Waals surface area (Å²) in [6.45, 7) is 3.13. The van der Waals surface area contributed by atoms with E-state index in [4.69, 9.17) is 9.47 Å². The second-order valence-electron chi connectivity index (χ2n) is 6.37. The molecule has 120 valence electrons. The fourth-order valence-corrected chi connectivity index (χ4v) is 3.14. The number of hydrogen-bond acceptors (Lipinski definition) is 5. The van der Waals surface area contributed by atoms with Gasteiger partial charge in [0, 0.05) is 24.8 Å². The van der Waals surface area contributed by atoms with Crippen LogP contribution in [0.25, 0.3) is 0 Å². The topological polar surface area (TPSA) is 54.9 Å². The minimum absolute atomic E-state index is 0.163. The number of carbonyl (C=O) groups excluding carboxylic acids is 1. The number of rotatable bonds is 5. The molecule has 1 aromatic heterocycles. The highest BCUT2D eigenvalue weighted by Crippen LogP contribution is 2.40. The average molecular weight is 305 g/mol. The minimum atomic E-state index is -0.212. The van der Waals surface area contributed by atoms with Crippen LogP contribution in [0.4, 0.5) is 0 Å². The number of carbonyl (C=O) groups is 1. The number of ether oxygens (including phenoxy) is 2. The van der Waals surface area contributed by atoms with Crippen LogP contribution in [0.3, 0.4) is 0 Å². The standard InChI is InChI=1S/C16H23N3O3/c1-18(2)9-15(20)19-11-16(12-19)13(6-8-22-16)10-21-14-5-3-4-7-17-14/h3-5,7,13H,6,8-12H2,1-2H3/t13-/m0/s1. The Morgan fingerprint density at radius 2 is 2.32 bits per heavy atom. The number of pyridine rings is 1. The first-order valence-corrected chi connectivity index (χ1v) is 7.69. The highest BCUT2D eigenvalue weighted by Gasteiger charge is 2.54. The summed E-state index contributed by atoms with van der Waals surface area (Å²) in [7, 11) is 3.81. The third-order valence-electron chi connectivity index (χ3n) is 4.39. The van der Waals surface area contributed by atoms with E-state index >= 15 is 0 Å². The molecule has 6 heteroatoms. The summed E-state index contributed by atoms with van der Waals surface area (Å²) in [5, 5.41) is 0. The van der Waals surface area contributed by atoms with Crippen LogP contribution in [-0.2, 0) is 9.53 Å². The molecule has 0 aliphatic carbocycles. The zero-order valence-electron chi connectivity index (χ0n) is 13.2. The average Bonchev–Trinajstić information content (AvgIpc) is 2.87. The predicted molar refractivity (Wildman–Crippen MR) is 81.7 cm³/mol. The smallest absolute Gasteiger partial charge is 0.236 e. The maximum atomic E-state index is 12.0. The van der Waals surface area contributed by atoms with Crippen LogP contribution in [0.15, 0.2) is 24.4 Å².